The predicted molar refractivity (Wildman–Crippen MR) is 64.5 cm³/mol. The zero-order valence-electron chi connectivity index (χ0n) is 11.2. The summed E-state index contributed by atoms with van der Waals surface area (Å²) in [6.07, 6.45) is 0.779. The SMILES string of the molecule is CCOCCCN(CC(C)C(=O)OC)C(C)=O. The maximum absolute atomic E-state index is 11.4. The number of rotatable bonds is 8. The van der Waals surface area contributed by atoms with Crippen molar-refractivity contribution in [2.45, 2.75) is 27.2 Å². The average molecular weight is 245 g/mol. The van der Waals surface area contributed by atoms with Crippen LogP contribution in [0.2, 0.25) is 0 Å². The Morgan fingerprint density at radius 1 is 1.35 bits per heavy atom. The number of hydrogen-bond donors (Lipinski definition) is 0. The first-order valence-corrected chi connectivity index (χ1v) is 5.94. The van der Waals surface area contributed by atoms with Gasteiger partial charge in [0.15, 0.2) is 0 Å². The predicted octanol–water partition coefficient (Wildman–Crippen LogP) is 1.07. The van der Waals surface area contributed by atoms with Gasteiger partial charge in [-0.1, -0.05) is 6.92 Å². The topological polar surface area (TPSA) is 55.8 Å². The van der Waals surface area contributed by atoms with E-state index in [4.69, 9.17) is 4.74 Å². The summed E-state index contributed by atoms with van der Waals surface area (Å²) in [6, 6.07) is 0. The molecule has 17 heavy (non-hydrogen) atoms. The van der Waals surface area contributed by atoms with Crippen molar-refractivity contribution in [3.05, 3.63) is 0 Å². The number of carbonyl (C=O) groups is 2. The third-order valence-corrected chi connectivity index (χ3v) is 2.46. The Morgan fingerprint density at radius 3 is 2.47 bits per heavy atom. The smallest absolute Gasteiger partial charge is 0.310 e. The lowest BCUT2D eigenvalue weighted by molar-refractivity contribution is -0.146. The van der Waals surface area contributed by atoms with Crippen LogP contribution in [-0.2, 0) is 19.1 Å². The van der Waals surface area contributed by atoms with Gasteiger partial charge in [-0.2, -0.15) is 0 Å². The highest BCUT2D eigenvalue weighted by molar-refractivity contribution is 5.76. The van der Waals surface area contributed by atoms with Crippen molar-refractivity contribution >= 4 is 11.9 Å². The van der Waals surface area contributed by atoms with Gasteiger partial charge in [0.2, 0.25) is 5.91 Å². The molecule has 0 heterocycles. The first kappa shape index (κ1) is 15.9. The summed E-state index contributed by atoms with van der Waals surface area (Å²) in [7, 11) is 1.35. The molecule has 0 aromatic heterocycles. The molecule has 0 aromatic carbocycles. The number of hydrogen-bond acceptors (Lipinski definition) is 4. The molecule has 0 spiro atoms. The molecule has 0 fully saturated rings. The van der Waals surface area contributed by atoms with Crippen LogP contribution >= 0.6 is 0 Å². The second-order valence-corrected chi connectivity index (χ2v) is 3.94. The second-order valence-electron chi connectivity index (χ2n) is 3.94. The Balaban J connectivity index is 4.06. The molecule has 0 aliphatic rings. The molecule has 0 aliphatic heterocycles. The lowest BCUT2D eigenvalue weighted by Gasteiger charge is -2.23. The van der Waals surface area contributed by atoms with E-state index in [9.17, 15) is 9.59 Å². The maximum Gasteiger partial charge on any atom is 0.310 e. The van der Waals surface area contributed by atoms with Crippen LogP contribution in [0.15, 0.2) is 0 Å². The standard InChI is InChI=1S/C12H23NO4/c1-5-17-8-6-7-13(11(3)14)9-10(2)12(15)16-4/h10H,5-9H2,1-4H3. The fourth-order valence-electron chi connectivity index (χ4n) is 1.49. The van der Waals surface area contributed by atoms with Crippen LogP contribution < -0.4 is 0 Å². The third-order valence-electron chi connectivity index (χ3n) is 2.46. The Bertz CT molecular complexity index is 243. The molecule has 0 aromatic rings. The third kappa shape index (κ3) is 6.94. The molecule has 1 amide bonds. The van der Waals surface area contributed by atoms with Gasteiger partial charge >= 0.3 is 5.97 Å². The van der Waals surface area contributed by atoms with Gasteiger partial charge in [0, 0.05) is 33.2 Å². The van der Waals surface area contributed by atoms with Gasteiger partial charge in [-0.05, 0) is 13.3 Å². The summed E-state index contributed by atoms with van der Waals surface area (Å²) in [5, 5.41) is 0. The fourth-order valence-corrected chi connectivity index (χ4v) is 1.49. The van der Waals surface area contributed by atoms with Gasteiger partial charge in [0.25, 0.3) is 0 Å². The lowest BCUT2D eigenvalue weighted by atomic mass is 10.1. The summed E-state index contributed by atoms with van der Waals surface area (Å²) in [5.74, 6) is -0.616. The van der Waals surface area contributed by atoms with E-state index in [0.717, 1.165) is 6.42 Å². The molecule has 0 bridgehead atoms. The number of carbonyl (C=O) groups excluding carboxylic acids is 2. The summed E-state index contributed by atoms with van der Waals surface area (Å²) in [4.78, 5) is 24.3. The highest BCUT2D eigenvalue weighted by atomic mass is 16.5. The van der Waals surface area contributed by atoms with Gasteiger partial charge in [0.05, 0.1) is 13.0 Å². The number of amides is 1. The Morgan fingerprint density at radius 2 is 2.00 bits per heavy atom. The quantitative estimate of drug-likeness (QED) is 0.474. The Kier molecular flexibility index (Phi) is 8.40. The molecule has 1 atom stereocenters. The molecule has 5 heteroatoms. The minimum Gasteiger partial charge on any atom is -0.469 e. The molecule has 5 nitrogen and oxygen atoms in total. The van der Waals surface area contributed by atoms with Gasteiger partial charge in [-0.3, -0.25) is 9.59 Å². The minimum atomic E-state index is -0.295. The van der Waals surface area contributed by atoms with E-state index >= 15 is 0 Å². The largest absolute Gasteiger partial charge is 0.469 e. The molecular weight excluding hydrogens is 222 g/mol. The van der Waals surface area contributed by atoms with E-state index in [1.807, 2.05) is 6.92 Å². The van der Waals surface area contributed by atoms with Crippen LogP contribution in [0, 0.1) is 5.92 Å². The van der Waals surface area contributed by atoms with Crippen LogP contribution in [0.5, 0.6) is 0 Å². The normalized spacial score (nSPS) is 12.0. The molecule has 0 saturated heterocycles. The molecule has 0 rings (SSSR count). The number of esters is 1. The number of methoxy groups -OCH3 is 1. The van der Waals surface area contributed by atoms with E-state index in [2.05, 4.69) is 4.74 Å². The van der Waals surface area contributed by atoms with Crippen LogP contribution in [0.4, 0.5) is 0 Å². The fraction of sp³-hybridized carbons (Fsp3) is 0.833. The van der Waals surface area contributed by atoms with Crippen LogP contribution in [0.25, 0.3) is 0 Å². The van der Waals surface area contributed by atoms with Crippen LogP contribution in [0.3, 0.4) is 0 Å². The van der Waals surface area contributed by atoms with Gasteiger partial charge < -0.3 is 14.4 Å². The first-order valence-electron chi connectivity index (χ1n) is 5.94. The van der Waals surface area contributed by atoms with Crippen molar-refractivity contribution in [2.75, 3.05) is 33.4 Å². The van der Waals surface area contributed by atoms with Crippen molar-refractivity contribution < 1.29 is 19.1 Å². The average Bonchev–Trinajstić information content (AvgIpc) is 2.31. The van der Waals surface area contributed by atoms with Crippen molar-refractivity contribution in [1.82, 2.24) is 4.90 Å². The minimum absolute atomic E-state index is 0.0303. The highest BCUT2D eigenvalue weighted by Crippen LogP contribution is 2.04. The number of ether oxygens (including phenoxy) is 2. The second kappa shape index (κ2) is 8.98. The summed E-state index contributed by atoms with van der Waals surface area (Å²) < 4.78 is 9.84. The van der Waals surface area contributed by atoms with E-state index in [1.54, 1.807) is 11.8 Å². The van der Waals surface area contributed by atoms with E-state index < -0.39 is 0 Å². The Labute approximate surface area is 103 Å². The van der Waals surface area contributed by atoms with Crippen LogP contribution in [-0.4, -0.2) is 50.2 Å². The summed E-state index contributed by atoms with van der Waals surface area (Å²) in [6.45, 7) is 7.51. The zero-order chi connectivity index (χ0) is 13.3. The van der Waals surface area contributed by atoms with Crippen molar-refractivity contribution in [1.29, 1.82) is 0 Å². The molecule has 0 N–H and O–H groups in total. The molecule has 100 valence electrons. The van der Waals surface area contributed by atoms with Crippen molar-refractivity contribution in [3.63, 3.8) is 0 Å². The van der Waals surface area contributed by atoms with E-state index in [-0.39, 0.29) is 17.8 Å². The monoisotopic (exact) mass is 245 g/mol. The maximum atomic E-state index is 11.4. The lowest BCUT2D eigenvalue weighted by Crippen LogP contribution is -2.36. The summed E-state index contributed by atoms with van der Waals surface area (Å²) >= 11 is 0. The van der Waals surface area contributed by atoms with Gasteiger partial charge in [-0.25, -0.2) is 0 Å². The highest BCUT2D eigenvalue weighted by Gasteiger charge is 2.18. The van der Waals surface area contributed by atoms with Crippen LogP contribution in [0.1, 0.15) is 27.2 Å². The van der Waals surface area contributed by atoms with E-state index in [0.29, 0.717) is 26.3 Å². The van der Waals surface area contributed by atoms with Crippen molar-refractivity contribution in [3.8, 4) is 0 Å². The molecule has 0 aliphatic carbocycles. The van der Waals surface area contributed by atoms with Crippen molar-refractivity contribution in [2.24, 2.45) is 5.92 Å². The molecular formula is C12H23NO4. The molecule has 0 saturated carbocycles. The molecule has 0 radical (unpaired) electrons. The first-order chi connectivity index (χ1) is 8.02. The summed E-state index contributed by atoms with van der Waals surface area (Å²) in [5.41, 5.74) is 0. The Hall–Kier alpha value is -1.10. The zero-order valence-corrected chi connectivity index (χ0v) is 11.2. The van der Waals surface area contributed by atoms with E-state index in [1.165, 1.54) is 14.0 Å². The molecule has 1 unspecified atom stereocenters. The van der Waals surface area contributed by atoms with Gasteiger partial charge in [0.1, 0.15) is 0 Å². The number of nitrogens with zero attached hydrogens (tertiary/aromatic N) is 1. The van der Waals surface area contributed by atoms with Gasteiger partial charge in [-0.15, -0.1) is 0 Å².